The van der Waals surface area contributed by atoms with Crippen LogP contribution in [0.2, 0.25) is 0 Å². The fourth-order valence-corrected chi connectivity index (χ4v) is 3.65. The molecule has 2 heterocycles. The molecule has 2 aliphatic rings. The van der Waals surface area contributed by atoms with Crippen LogP contribution in [0.3, 0.4) is 0 Å². The van der Waals surface area contributed by atoms with E-state index in [-0.39, 0.29) is 18.4 Å². The Bertz CT molecular complexity index is 871. The number of ether oxygens (including phenoxy) is 1. The fraction of sp³-hybridized carbons (Fsp3) is 0.364. The SMILES string of the molecule is Cc1ccc(OCC(=O)N2CCN(c3ccc4c(c3)CCC(=O)N4)CC2)cc1. The molecule has 6 nitrogen and oxygen atoms in total. The minimum absolute atomic E-state index is 0.0216. The molecule has 0 radical (unpaired) electrons. The molecule has 4 rings (SSSR count). The molecular formula is C22H25N3O3. The Morgan fingerprint density at radius 3 is 2.54 bits per heavy atom. The molecule has 28 heavy (non-hydrogen) atoms. The number of aryl methyl sites for hydroxylation is 2. The second-order valence-electron chi connectivity index (χ2n) is 7.36. The summed E-state index contributed by atoms with van der Waals surface area (Å²) in [7, 11) is 0. The van der Waals surface area contributed by atoms with Crippen molar-refractivity contribution in [3.8, 4) is 5.75 Å². The van der Waals surface area contributed by atoms with Crippen LogP contribution < -0.4 is 15.0 Å². The number of nitrogens with one attached hydrogen (secondary N) is 1. The van der Waals surface area contributed by atoms with Gasteiger partial charge in [0.25, 0.3) is 5.91 Å². The van der Waals surface area contributed by atoms with Gasteiger partial charge in [0.05, 0.1) is 0 Å². The highest BCUT2D eigenvalue weighted by molar-refractivity contribution is 5.94. The van der Waals surface area contributed by atoms with Gasteiger partial charge in [0.1, 0.15) is 5.75 Å². The first-order valence-electron chi connectivity index (χ1n) is 9.73. The van der Waals surface area contributed by atoms with Crippen molar-refractivity contribution in [1.82, 2.24) is 4.90 Å². The average molecular weight is 379 g/mol. The minimum atomic E-state index is 0.0216. The molecule has 6 heteroatoms. The molecule has 0 saturated carbocycles. The molecule has 0 spiro atoms. The van der Waals surface area contributed by atoms with Gasteiger partial charge < -0.3 is 19.9 Å². The van der Waals surface area contributed by atoms with Crippen LogP contribution in [0.15, 0.2) is 42.5 Å². The lowest BCUT2D eigenvalue weighted by atomic mass is 10.0. The largest absolute Gasteiger partial charge is 0.484 e. The highest BCUT2D eigenvalue weighted by atomic mass is 16.5. The highest BCUT2D eigenvalue weighted by Gasteiger charge is 2.23. The summed E-state index contributed by atoms with van der Waals surface area (Å²) in [5.41, 5.74) is 4.42. The molecular weight excluding hydrogens is 354 g/mol. The van der Waals surface area contributed by atoms with Crippen molar-refractivity contribution in [3.63, 3.8) is 0 Å². The van der Waals surface area contributed by atoms with Gasteiger partial charge in [0.15, 0.2) is 6.61 Å². The Hall–Kier alpha value is -3.02. The van der Waals surface area contributed by atoms with E-state index in [1.165, 1.54) is 11.1 Å². The van der Waals surface area contributed by atoms with Gasteiger partial charge in [0, 0.05) is 44.0 Å². The molecule has 0 unspecified atom stereocenters. The number of hydrogen-bond acceptors (Lipinski definition) is 4. The maximum Gasteiger partial charge on any atom is 0.260 e. The molecule has 2 aliphatic heterocycles. The van der Waals surface area contributed by atoms with E-state index in [2.05, 4.69) is 16.3 Å². The van der Waals surface area contributed by atoms with Crippen LogP contribution in [0.1, 0.15) is 17.5 Å². The summed E-state index contributed by atoms with van der Waals surface area (Å²) in [6.45, 7) is 5.05. The molecule has 0 bridgehead atoms. The second kappa shape index (κ2) is 7.92. The fourth-order valence-electron chi connectivity index (χ4n) is 3.65. The van der Waals surface area contributed by atoms with Crippen LogP contribution in [-0.4, -0.2) is 49.5 Å². The molecule has 0 atom stereocenters. The van der Waals surface area contributed by atoms with Crippen LogP contribution in [0.25, 0.3) is 0 Å². The first kappa shape index (κ1) is 18.3. The number of carbonyl (C=O) groups is 2. The molecule has 0 aliphatic carbocycles. The van der Waals surface area contributed by atoms with Crippen LogP contribution in [0.5, 0.6) is 5.75 Å². The van der Waals surface area contributed by atoms with Crippen LogP contribution >= 0.6 is 0 Å². The van der Waals surface area contributed by atoms with Gasteiger partial charge in [-0.05, 0) is 49.2 Å². The molecule has 1 fully saturated rings. The summed E-state index contributed by atoms with van der Waals surface area (Å²) >= 11 is 0. The third-order valence-corrected chi connectivity index (χ3v) is 5.37. The molecule has 1 saturated heterocycles. The first-order chi connectivity index (χ1) is 13.6. The van der Waals surface area contributed by atoms with Gasteiger partial charge in [-0.25, -0.2) is 0 Å². The van der Waals surface area contributed by atoms with Gasteiger partial charge in [-0.15, -0.1) is 0 Å². The first-order valence-corrected chi connectivity index (χ1v) is 9.73. The molecule has 2 aromatic rings. The molecule has 2 amide bonds. The van der Waals surface area contributed by atoms with Crippen molar-refractivity contribution < 1.29 is 14.3 Å². The molecule has 0 aromatic heterocycles. The van der Waals surface area contributed by atoms with Gasteiger partial charge in [0.2, 0.25) is 5.91 Å². The predicted molar refractivity (Wildman–Crippen MR) is 109 cm³/mol. The number of piperazine rings is 1. The quantitative estimate of drug-likeness (QED) is 0.887. The molecule has 2 aromatic carbocycles. The number of anilines is 2. The van der Waals surface area contributed by atoms with Crippen molar-refractivity contribution in [3.05, 3.63) is 53.6 Å². The average Bonchev–Trinajstić information content (AvgIpc) is 2.73. The van der Waals surface area contributed by atoms with Gasteiger partial charge in [-0.2, -0.15) is 0 Å². The predicted octanol–water partition coefficient (Wildman–Crippen LogP) is 2.61. The van der Waals surface area contributed by atoms with Gasteiger partial charge in [-0.1, -0.05) is 17.7 Å². The Morgan fingerprint density at radius 1 is 1.04 bits per heavy atom. The Morgan fingerprint density at radius 2 is 1.79 bits per heavy atom. The number of fused-ring (bicyclic) bond motifs is 1. The maximum atomic E-state index is 12.4. The summed E-state index contributed by atoms with van der Waals surface area (Å²) < 4.78 is 5.62. The van der Waals surface area contributed by atoms with Crippen molar-refractivity contribution in [2.24, 2.45) is 0 Å². The lowest BCUT2D eigenvalue weighted by molar-refractivity contribution is -0.133. The van der Waals surface area contributed by atoms with E-state index in [4.69, 9.17) is 4.74 Å². The summed E-state index contributed by atoms with van der Waals surface area (Å²) in [6.07, 6.45) is 1.32. The van der Waals surface area contributed by atoms with Crippen LogP contribution in [-0.2, 0) is 16.0 Å². The third-order valence-electron chi connectivity index (χ3n) is 5.37. The Labute approximate surface area is 165 Å². The van der Waals surface area contributed by atoms with Crippen LogP contribution in [0.4, 0.5) is 11.4 Å². The number of rotatable bonds is 4. The third kappa shape index (κ3) is 4.11. The Kier molecular flexibility index (Phi) is 5.19. The van der Waals surface area contributed by atoms with E-state index in [1.807, 2.05) is 48.2 Å². The number of hydrogen-bond donors (Lipinski definition) is 1. The van der Waals surface area contributed by atoms with E-state index in [1.54, 1.807) is 0 Å². The Balaban J connectivity index is 1.30. The zero-order valence-corrected chi connectivity index (χ0v) is 16.1. The summed E-state index contributed by atoms with van der Waals surface area (Å²) in [5, 5.41) is 2.92. The normalized spacial score (nSPS) is 16.4. The smallest absolute Gasteiger partial charge is 0.260 e. The van der Waals surface area contributed by atoms with E-state index < -0.39 is 0 Å². The lowest BCUT2D eigenvalue weighted by Crippen LogP contribution is -2.50. The maximum absolute atomic E-state index is 12.4. The highest BCUT2D eigenvalue weighted by Crippen LogP contribution is 2.28. The number of benzene rings is 2. The van der Waals surface area contributed by atoms with E-state index >= 15 is 0 Å². The summed E-state index contributed by atoms with van der Waals surface area (Å²) in [4.78, 5) is 28.1. The topological polar surface area (TPSA) is 61.9 Å². The standard InChI is InChI=1S/C22H25N3O3/c1-16-2-6-19(7-3-16)28-15-22(27)25-12-10-24(11-13-25)18-5-8-20-17(14-18)4-9-21(26)23-20/h2-3,5-8,14H,4,9-13,15H2,1H3,(H,23,26). The zero-order chi connectivity index (χ0) is 19.5. The summed E-state index contributed by atoms with van der Waals surface area (Å²) in [6, 6.07) is 13.9. The van der Waals surface area contributed by atoms with Crippen molar-refractivity contribution >= 4 is 23.2 Å². The lowest BCUT2D eigenvalue weighted by Gasteiger charge is -2.36. The number of carbonyl (C=O) groups excluding carboxylic acids is 2. The van der Waals surface area contributed by atoms with Crippen molar-refractivity contribution in [2.75, 3.05) is 43.0 Å². The van der Waals surface area contributed by atoms with Gasteiger partial charge in [-0.3, -0.25) is 9.59 Å². The van der Waals surface area contributed by atoms with E-state index in [0.29, 0.717) is 19.5 Å². The number of nitrogens with zero attached hydrogens (tertiary/aromatic N) is 2. The zero-order valence-electron chi connectivity index (χ0n) is 16.1. The van der Waals surface area contributed by atoms with Crippen LogP contribution in [0, 0.1) is 6.92 Å². The minimum Gasteiger partial charge on any atom is -0.484 e. The van der Waals surface area contributed by atoms with E-state index in [0.717, 1.165) is 36.6 Å². The molecule has 146 valence electrons. The number of amides is 2. The second-order valence-corrected chi connectivity index (χ2v) is 7.36. The van der Waals surface area contributed by atoms with Gasteiger partial charge >= 0.3 is 0 Å². The molecule has 1 N–H and O–H groups in total. The van der Waals surface area contributed by atoms with Crippen molar-refractivity contribution in [2.45, 2.75) is 19.8 Å². The van der Waals surface area contributed by atoms with E-state index in [9.17, 15) is 9.59 Å². The summed E-state index contributed by atoms with van der Waals surface area (Å²) in [5.74, 6) is 0.826. The monoisotopic (exact) mass is 379 g/mol. The van der Waals surface area contributed by atoms with Crippen molar-refractivity contribution in [1.29, 1.82) is 0 Å².